The van der Waals surface area contributed by atoms with E-state index in [0.29, 0.717) is 5.92 Å². The Kier molecular flexibility index (Phi) is 5.41. The van der Waals surface area contributed by atoms with Crippen molar-refractivity contribution in [3.63, 3.8) is 0 Å². The van der Waals surface area contributed by atoms with Gasteiger partial charge < -0.3 is 5.32 Å². The third-order valence-electron chi connectivity index (χ3n) is 2.91. The number of unbranched alkanes of at least 4 members (excludes halogenated alkanes) is 1. The van der Waals surface area contributed by atoms with Crippen LogP contribution in [0.5, 0.6) is 0 Å². The molecule has 0 amide bonds. The van der Waals surface area contributed by atoms with Gasteiger partial charge in [-0.05, 0) is 31.9 Å². The van der Waals surface area contributed by atoms with Crippen molar-refractivity contribution in [3.05, 3.63) is 35.4 Å². The van der Waals surface area contributed by atoms with Gasteiger partial charge in [0.05, 0.1) is 0 Å². The number of rotatable bonds is 6. The Morgan fingerprint density at radius 2 is 1.87 bits per heavy atom. The second-order valence-corrected chi connectivity index (χ2v) is 4.31. The van der Waals surface area contributed by atoms with E-state index in [-0.39, 0.29) is 0 Å². The maximum absolute atomic E-state index is 3.29. The van der Waals surface area contributed by atoms with Gasteiger partial charge in [-0.25, -0.2) is 0 Å². The van der Waals surface area contributed by atoms with Crippen molar-refractivity contribution in [3.8, 4) is 0 Å². The molecule has 0 bridgehead atoms. The van der Waals surface area contributed by atoms with Gasteiger partial charge in [0.15, 0.2) is 0 Å². The van der Waals surface area contributed by atoms with Crippen molar-refractivity contribution in [1.82, 2.24) is 5.32 Å². The Hall–Kier alpha value is -0.820. The molecule has 0 heterocycles. The zero-order valence-electron chi connectivity index (χ0n) is 10.2. The molecule has 0 aromatic heterocycles. The first-order valence-electron chi connectivity index (χ1n) is 5.99. The second kappa shape index (κ2) is 6.62. The molecule has 1 rings (SSSR count). The summed E-state index contributed by atoms with van der Waals surface area (Å²) in [7, 11) is 2.03. The van der Waals surface area contributed by atoms with Crippen molar-refractivity contribution in [1.29, 1.82) is 0 Å². The summed E-state index contributed by atoms with van der Waals surface area (Å²) in [6, 6.07) is 8.97. The lowest BCUT2D eigenvalue weighted by Gasteiger charge is -2.16. The molecule has 1 unspecified atom stereocenters. The Balaban J connectivity index is 2.65. The molecule has 0 aliphatic heterocycles. The highest BCUT2D eigenvalue weighted by molar-refractivity contribution is 5.24. The minimum Gasteiger partial charge on any atom is -0.319 e. The van der Waals surface area contributed by atoms with Gasteiger partial charge in [0.1, 0.15) is 0 Å². The standard InChI is InChI=1S/C14H23N/c1-4-5-6-14(11-15-3)13-9-7-12(2)8-10-13/h7-10,14-15H,4-6,11H2,1-3H3. The Morgan fingerprint density at radius 3 is 2.40 bits per heavy atom. The zero-order chi connectivity index (χ0) is 11.1. The molecule has 0 radical (unpaired) electrons. The van der Waals surface area contributed by atoms with Crippen LogP contribution >= 0.6 is 0 Å². The molecule has 0 spiro atoms. The lowest BCUT2D eigenvalue weighted by atomic mass is 9.93. The monoisotopic (exact) mass is 205 g/mol. The lowest BCUT2D eigenvalue weighted by Crippen LogP contribution is -2.17. The smallest absolute Gasteiger partial charge is 0.00171 e. The SMILES string of the molecule is CCCCC(CNC)c1ccc(C)cc1. The van der Waals surface area contributed by atoms with Gasteiger partial charge in [-0.3, -0.25) is 0 Å². The number of likely N-dealkylation sites (N-methyl/N-ethyl adjacent to an activating group) is 1. The fourth-order valence-corrected chi connectivity index (χ4v) is 1.92. The summed E-state index contributed by atoms with van der Waals surface area (Å²) < 4.78 is 0. The van der Waals surface area contributed by atoms with Crippen LogP contribution in [-0.4, -0.2) is 13.6 Å². The third kappa shape index (κ3) is 4.05. The average molecular weight is 205 g/mol. The van der Waals surface area contributed by atoms with E-state index in [9.17, 15) is 0 Å². The minimum atomic E-state index is 0.676. The van der Waals surface area contributed by atoms with Gasteiger partial charge in [0.25, 0.3) is 0 Å². The molecule has 0 aliphatic carbocycles. The van der Waals surface area contributed by atoms with E-state index in [1.165, 1.54) is 30.4 Å². The molecule has 0 fully saturated rings. The second-order valence-electron chi connectivity index (χ2n) is 4.31. The first-order valence-corrected chi connectivity index (χ1v) is 5.99. The first-order chi connectivity index (χ1) is 7.27. The number of nitrogens with one attached hydrogen (secondary N) is 1. The van der Waals surface area contributed by atoms with Crippen molar-refractivity contribution < 1.29 is 0 Å². The van der Waals surface area contributed by atoms with E-state index >= 15 is 0 Å². The van der Waals surface area contributed by atoms with Crippen molar-refractivity contribution in [2.45, 2.75) is 39.0 Å². The Labute approximate surface area is 93.9 Å². The Morgan fingerprint density at radius 1 is 1.20 bits per heavy atom. The molecule has 1 atom stereocenters. The van der Waals surface area contributed by atoms with E-state index in [2.05, 4.69) is 43.4 Å². The van der Waals surface area contributed by atoms with Crippen LogP contribution in [0.1, 0.15) is 43.2 Å². The predicted octanol–water partition coefficient (Wildman–Crippen LogP) is 3.49. The third-order valence-corrected chi connectivity index (χ3v) is 2.91. The molecule has 1 aromatic rings. The molecule has 1 aromatic carbocycles. The van der Waals surface area contributed by atoms with Crippen LogP contribution in [0.25, 0.3) is 0 Å². The van der Waals surface area contributed by atoms with Crippen LogP contribution in [0.15, 0.2) is 24.3 Å². The van der Waals surface area contributed by atoms with Gasteiger partial charge in [0, 0.05) is 6.54 Å². The molecule has 1 N–H and O–H groups in total. The molecule has 0 saturated heterocycles. The molecule has 1 nitrogen and oxygen atoms in total. The number of hydrogen-bond donors (Lipinski definition) is 1. The molecule has 0 saturated carbocycles. The van der Waals surface area contributed by atoms with Crippen LogP contribution in [0, 0.1) is 6.92 Å². The number of aryl methyl sites for hydroxylation is 1. The Bertz CT molecular complexity index is 263. The molecule has 1 heteroatoms. The summed E-state index contributed by atoms with van der Waals surface area (Å²) in [6.45, 7) is 5.48. The predicted molar refractivity (Wildman–Crippen MR) is 67.4 cm³/mol. The largest absolute Gasteiger partial charge is 0.319 e. The van der Waals surface area contributed by atoms with E-state index < -0.39 is 0 Å². The average Bonchev–Trinajstić information content (AvgIpc) is 2.25. The molecule has 0 aliphatic rings. The topological polar surface area (TPSA) is 12.0 Å². The van der Waals surface area contributed by atoms with Crippen molar-refractivity contribution >= 4 is 0 Å². The lowest BCUT2D eigenvalue weighted by molar-refractivity contribution is 0.555. The van der Waals surface area contributed by atoms with Crippen molar-refractivity contribution in [2.24, 2.45) is 0 Å². The fourth-order valence-electron chi connectivity index (χ4n) is 1.92. The molecular weight excluding hydrogens is 182 g/mol. The highest BCUT2D eigenvalue weighted by Crippen LogP contribution is 2.21. The highest BCUT2D eigenvalue weighted by Gasteiger charge is 2.09. The van der Waals surface area contributed by atoms with Gasteiger partial charge in [-0.1, -0.05) is 49.6 Å². The maximum Gasteiger partial charge on any atom is 0.00171 e. The first kappa shape index (κ1) is 12.3. The summed E-state index contributed by atoms with van der Waals surface area (Å²) in [4.78, 5) is 0. The van der Waals surface area contributed by atoms with E-state index in [1.54, 1.807) is 0 Å². The summed E-state index contributed by atoms with van der Waals surface area (Å²) in [6.07, 6.45) is 3.90. The highest BCUT2D eigenvalue weighted by atomic mass is 14.8. The summed E-state index contributed by atoms with van der Waals surface area (Å²) >= 11 is 0. The van der Waals surface area contributed by atoms with Crippen LogP contribution in [0.2, 0.25) is 0 Å². The fraction of sp³-hybridized carbons (Fsp3) is 0.571. The van der Waals surface area contributed by atoms with Gasteiger partial charge >= 0.3 is 0 Å². The minimum absolute atomic E-state index is 0.676. The van der Waals surface area contributed by atoms with Crippen LogP contribution in [0.4, 0.5) is 0 Å². The van der Waals surface area contributed by atoms with Crippen LogP contribution in [0.3, 0.4) is 0 Å². The summed E-state index contributed by atoms with van der Waals surface area (Å²) in [5, 5.41) is 3.29. The van der Waals surface area contributed by atoms with Gasteiger partial charge in [-0.15, -0.1) is 0 Å². The van der Waals surface area contributed by atoms with Gasteiger partial charge in [-0.2, -0.15) is 0 Å². The van der Waals surface area contributed by atoms with Crippen molar-refractivity contribution in [2.75, 3.05) is 13.6 Å². The van der Waals surface area contributed by atoms with Gasteiger partial charge in [0.2, 0.25) is 0 Å². The summed E-state index contributed by atoms with van der Waals surface area (Å²) in [5.41, 5.74) is 2.82. The number of benzene rings is 1. The van der Waals surface area contributed by atoms with Crippen LogP contribution in [-0.2, 0) is 0 Å². The zero-order valence-corrected chi connectivity index (χ0v) is 10.2. The number of hydrogen-bond acceptors (Lipinski definition) is 1. The van der Waals surface area contributed by atoms with E-state index in [4.69, 9.17) is 0 Å². The van der Waals surface area contributed by atoms with E-state index in [0.717, 1.165) is 6.54 Å². The molecular formula is C14H23N. The summed E-state index contributed by atoms with van der Waals surface area (Å²) in [5.74, 6) is 0.676. The van der Waals surface area contributed by atoms with Crippen LogP contribution < -0.4 is 5.32 Å². The molecule has 84 valence electrons. The normalized spacial score (nSPS) is 12.7. The maximum atomic E-state index is 3.29. The quantitative estimate of drug-likeness (QED) is 0.749. The van der Waals surface area contributed by atoms with E-state index in [1.807, 2.05) is 7.05 Å². The molecule has 15 heavy (non-hydrogen) atoms.